The molecule has 7 nitrogen and oxygen atoms in total. The van der Waals surface area contributed by atoms with Gasteiger partial charge in [-0.3, -0.25) is 0 Å². The Labute approximate surface area is 139 Å². The lowest BCUT2D eigenvalue weighted by atomic mass is 10.3. The summed E-state index contributed by atoms with van der Waals surface area (Å²) < 4.78 is 10.8. The molecular weight excluding hydrogens is 308 g/mol. The van der Waals surface area contributed by atoms with Gasteiger partial charge in [0.05, 0.1) is 12.2 Å². The van der Waals surface area contributed by atoms with Crippen LogP contribution in [0.1, 0.15) is 24.3 Å². The maximum Gasteiger partial charge on any atom is 0.317 e. The molecule has 2 heterocycles. The monoisotopic (exact) mass is 328 g/mol. The Bertz CT molecular complexity index is 791. The molecular formula is C17H20N4O3. The van der Waals surface area contributed by atoms with Crippen LogP contribution in [0.4, 0.5) is 4.79 Å². The van der Waals surface area contributed by atoms with Crippen LogP contribution in [0.15, 0.2) is 39.3 Å². The predicted octanol–water partition coefficient (Wildman–Crippen LogP) is 2.76. The summed E-state index contributed by atoms with van der Waals surface area (Å²) in [6, 6.07) is 9.28. The third-order valence-corrected chi connectivity index (χ3v) is 3.66. The summed E-state index contributed by atoms with van der Waals surface area (Å²) in [6.45, 7) is 2.83. The number of carbonyl (C=O) groups is 1. The minimum atomic E-state index is -0.180. The molecule has 0 spiro atoms. The average molecular weight is 328 g/mol. The molecule has 0 unspecified atom stereocenters. The van der Waals surface area contributed by atoms with E-state index in [1.54, 1.807) is 11.9 Å². The van der Waals surface area contributed by atoms with Gasteiger partial charge in [-0.1, -0.05) is 24.2 Å². The number of hydrogen-bond acceptors (Lipinski definition) is 5. The summed E-state index contributed by atoms with van der Waals surface area (Å²) in [5, 5.41) is 6.76. The Kier molecular flexibility index (Phi) is 4.79. The Morgan fingerprint density at radius 3 is 2.92 bits per heavy atom. The topological polar surface area (TPSA) is 84.4 Å². The van der Waals surface area contributed by atoms with E-state index in [2.05, 4.69) is 15.5 Å². The summed E-state index contributed by atoms with van der Waals surface area (Å²) >= 11 is 0. The van der Waals surface area contributed by atoms with E-state index in [0.717, 1.165) is 23.2 Å². The summed E-state index contributed by atoms with van der Waals surface area (Å²) in [5.41, 5.74) is 2.47. The van der Waals surface area contributed by atoms with E-state index >= 15 is 0 Å². The number of fused-ring (bicyclic) bond motifs is 1. The number of oxazole rings is 1. The Hall–Kier alpha value is -2.83. The fourth-order valence-corrected chi connectivity index (χ4v) is 2.34. The van der Waals surface area contributed by atoms with Crippen LogP contribution in [0.25, 0.3) is 11.1 Å². The number of rotatable bonds is 6. The highest BCUT2D eigenvalue weighted by atomic mass is 16.5. The third-order valence-electron chi connectivity index (χ3n) is 3.66. The van der Waals surface area contributed by atoms with Gasteiger partial charge in [0.15, 0.2) is 17.2 Å². The molecule has 0 radical (unpaired) electrons. The molecule has 3 rings (SSSR count). The highest BCUT2D eigenvalue weighted by Crippen LogP contribution is 2.14. The van der Waals surface area contributed by atoms with E-state index in [9.17, 15) is 4.79 Å². The van der Waals surface area contributed by atoms with E-state index in [1.165, 1.54) is 0 Å². The van der Waals surface area contributed by atoms with Gasteiger partial charge in [-0.2, -0.15) is 0 Å². The van der Waals surface area contributed by atoms with Crippen molar-refractivity contribution in [1.29, 1.82) is 0 Å². The van der Waals surface area contributed by atoms with Crippen LogP contribution >= 0.6 is 0 Å². The first kappa shape index (κ1) is 16.0. The molecule has 0 bridgehead atoms. The molecule has 3 aromatic rings. The fraction of sp³-hybridized carbons (Fsp3) is 0.353. The van der Waals surface area contributed by atoms with E-state index < -0.39 is 0 Å². The lowest BCUT2D eigenvalue weighted by Crippen LogP contribution is -2.37. The van der Waals surface area contributed by atoms with Gasteiger partial charge in [0.2, 0.25) is 0 Å². The summed E-state index contributed by atoms with van der Waals surface area (Å²) in [4.78, 5) is 18.0. The van der Waals surface area contributed by atoms with Gasteiger partial charge in [-0.15, -0.1) is 0 Å². The molecule has 0 aliphatic rings. The zero-order valence-corrected chi connectivity index (χ0v) is 13.8. The molecule has 0 aliphatic heterocycles. The molecule has 2 aromatic heterocycles. The average Bonchev–Trinajstić information content (AvgIpc) is 3.20. The molecule has 126 valence electrons. The van der Waals surface area contributed by atoms with Crippen LogP contribution in [-0.4, -0.2) is 34.7 Å². The highest BCUT2D eigenvalue weighted by Gasteiger charge is 2.12. The van der Waals surface area contributed by atoms with Gasteiger partial charge >= 0.3 is 6.03 Å². The molecule has 1 aromatic carbocycles. The second kappa shape index (κ2) is 7.16. The molecule has 0 saturated heterocycles. The lowest BCUT2D eigenvalue weighted by molar-refractivity contribution is 0.200. The van der Waals surface area contributed by atoms with E-state index in [-0.39, 0.29) is 6.03 Å². The van der Waals surface area contributed by atoms with E-state index in [0.29, 0.717) is 31.2 Å². The first-order valence-electron chi connectivity index (χ1n) is 7.93. The Balaban J connectivity index is 1.47. The number of aryl methyl sites for hydroxylation is 1. The number of aromatic nitrogens is 2. The van der Waals surface area contributed by atoms with Gasteiger partial charge in [0, 0.05) is 26.1 Å². The second-order valence-electron chi connectivity index (χ2n) is 5.55. The van der Waals surface area contributed by atoms with Gasteiger partial charge < -0.3 is 19.2 Å². The van der Waals surface area contributed by atoms with Gasteiger partial charge in [-0.25, -0.2) is 9.78 Å². The van der Waals surface area contributed by atoms with Crippen molar-refractivity contribution in [2.24, 2.45) is 0 Å². The van der Waals surface area contributed by atoms with Crippen molar-refractivity contribution in [1.82, 2.24) is 20.4 Å². The van der Waals surface area contributed by atoms with Crippen molar-refractivity contribution in [3.8, 4) is 0 Å². The van der Waals surface area contributed by atoms with E-state index in [1.807, 2.05) is 37.3 Å². The summed E-state index contributed by atoms with van der Waals surface area (Å²) in [7, 11) is 1.71. The first-order chi connectivity index (χ1) is 11.7. The quantitative estimate of drug-likeness (QED) is 0.752. The number of hydrogen-bond donors (Lipinski definition) is 1. The molecule has 1 N–H and O–H groups in total. The SMILES string of the molecule is CCc1cc(CN(C)C(=O)NCCc2nc3ccccc3o2)on1. The molecule has 7 heteroatoms. The number of nitrogens with one attached hydrogen (secondary N) is 1. The first-order valence-corrected chi connectivity index (χ1v) is 7.93. The Morgan fingerprint density at radius 1 is 1.33 bits per heavy atom. The van der Waals surface area contributed by atoms with Crippen molar-refractivity contribution in [2.45, 2.75) is 26.3 Å². The number of carbonyl (C=O) groups excluding carboxylic acids is 1. The van der Waals surface area contributed by atoms with E-state index in [4.69, 9.17) is 8.94 Å². The predicted molar refractivity (Wildman–Crippen MR) is 88.5 cm³/mol. The molecule has 2 amide bonds. The number of amides is 2. The molecule has 0 saturated carbocycles. The number of nitrogens with zero attached hydrogens (tertiary/aromatic N) is 3. The second-order valence-corrected chi connectivity index (χ2v) is 5.55. The van der Waals surface area contributed by atoms with Crippen molar-refractivity contribution in [3.63, 3.8) is 0 Å². The number of urea groups is 1. The molecule has 0 atom stereocenters. The maximum atomic E-state index is 12.1. The van der Waals surface area contributed by atoms with Crippen LogP contribution in [0, 0.1) is 0 Å². The Morgan fingerprint density at radius 2 is 2.17 bits per heavy atom. The normalized spacial score (nSPS) is 10.9. The van der Waals surface area contributed by atoms with Crippen molar-refractivity contribution < 1.29 is 13.7 Å². The highest BCUT2D eigenvalue weighted by molar-refractivity contribution is 5.74. The standard InChI is InChI=1S/C17H20N4O3/c1-3-12-10-13(24-20-12)11-21(2)17(22)18-9-8-16-19-14-6-4-5-7-15(14)23-16/h4-7,10H,3,8-9,11H2,1-2H3,(H,18,22). The van der Waals surface area contributed by atoms with Crippen LogP contribution in [0.2, 0.25) is 0 Å². The number of para-hydroxylation sites is 2. The zero-order valence-electron chi connectivity index (χ0n) is 13.8. The smallest absolute Gasteiger partial charge is 0.317 e. The van der Waals surface area contributed by atoms with Crippen LogP contribution < -0.4 is 5.32 Å². The maximum absolute atomic E-state index is 12.1. The molecule has 24 heavy (non-hydrogen) atoms. The molecule has 0 aliphatic carbocycles. The fourth-order valence-electron chi connectivity index (χ4n) is 2.34. The number of benzene rings is 1. The summed E-state index contributed by atoms with van der Waals surface area (Å²) in [6.07, 6.45) is 1.35. The van der Waals surface area contributed by atoms with Crippen LogP contribution in [0.3, 0.4) is 0 Å². The minimum Gasteiger partial charge on any atom is -0.441 e. The van der Waals surface area contributed by atoms with Crippen LogP contribution in [0.5, 0.6) is 0 Å². The van der Waals surface area contributed by atoms with Gasteiger partial charge in [0.25, 0.3) is 0 Å². The van der Waals surface area contributed by atoms with Gasteiger partial charge in [-0.05, 0) is 18.6 Å². The lowest BCUT2D eigenvalue weighted by Gasteiger charge is -2.15. The zero-order chi connectivity index (χ0) is 16.9. The van der Waals surface area contributed by atoms with Crippen LogP contribution in [-0.2, 0) is 19.4 Å². The van der Waals surface area contributed by atoms with Gasteiger partial charge in [0.1, 0.15) is 5.52 Å². The largest absolute Gasteiger partial charge is 0.441 e. The van der Waals surface area contributed by atoms with Crippen molar-refractivity contribution in [3.05, 3.63) is 47.7 Å². The van der Waals surface area contributed by atoms with Crippen molar-refractivity contribution in [2.75, 3.05) is 13.6 Å². The third kappa shape index (κ3) is 3.73. The summed E-state index contributed by atoms with van der Waals surface area (Å²) in [5.74, 6) is 1.28. The van der Waals surface area contributed by atoms with Crippen molar-refractivity contribution >= 4 is 17.1 Å². The minimum absolute atomic E-state index is 0.180. The molecule has 0 fully saturated rings.